The Bertz CT molecular complexity index is 289. The monoisotopic (exact) mass is 236 g/mol. The lowest BCUT2D eigenvalue weighted by Crippen LogP contribution is -2.37. The van der Waals surface area contributed by atoms with E-state index in [0.717, 1.165) is 12.8 Å². The maximum absolute atomic E-state index is 11.0. The molecule has 1 fully saturated rings. The number of aliphatic hydroxyl groups is 1. The van der Waals surface area contributed by atoms with E-state index in [1.807, 2.05) is 0 Å². The molecule has 0 spiro atoms. The van der Waals surface area contributed by atoms with Crippen molar-refractivity contribution in [3.05, 3.63) is 0 Å². The molecule has 0 amide bonds. The Morgan fingerprint density at radius 3 is 2.33 bits per heavy atom. The Balaban J connectivity index is 2.42. The van der Waals surface area contributed by atoms with Gasteiger partial charge in [-0.25, -0.2) is 8.42 Å². The smallest absolute Gasteiger partial charge is 0.147 e. The van der Waals surface area contributed by atoms with Gasteiger partial charge in [0.15, 0.2) is 0 Å². The average molecular weight is 236 g/mol. The van der Waals surface area contributed by atoms with Crippen molar-refractivity contribution in [2.24, 2.45) is 0 Å². The molecule has 90 valence electrons. The van der Waals surface area contributed by atoms with Crippen molar-refractivity contribution in [2.45, 2.75) is 43.8 Å². The summed E-state index contributed by atoms with van der Waals surface area (Å²) in [7, 11) is -1.30. The van der Waals surface area contributed by atoms with E-state index in [9.17, 15) is 13.5 Å². The second-order valence-corrected chi connectivity index (χ2v) is 6.80. The largest absolute Gasteiger partial charge is 0.390 e. The van der Waals surface area contributed by atoms with Gasteiger partial charge in [-0.05, 0) is 32.1 Å². The maximum atomic E-state index is 11.0. The highest BCUT2D eigenvalue weighted by Gasteiger charge is 2.33. The Morgan fingerprint density at radius 2 is 1.93 bits per heavy atom. The molecule has 1 aliphatic carbocycles. The molecule has 0 heterocycles. The topological polar surface area (TPSA) is 63.6 Å². The van der Waals surface area contributed by atoms with E-state index >= 15 is 0 Å². The van der Waals surface area contributed by atoms with Crippen molar-refractivity contribution in [3.63, 3.8) is 0 Å². The number of rotatable bonds is 4. The molecule has 0 bridgehead atoms. The van der Waals surface area contributed by atoms with Crippen LogP contribution in [0.15, 0.2) is 0 Å². The molecule has 0 saturated heterocycles. The third kappa shape index (κ3) is 4.49. The summed E-state index contributed by atoms with van der Waals surface area (Å²) in [6.45, 7) is 0. The molecule has 1 aliphatic rings. The fourth-order valence-electron chi connectivity index (χ4n) is 1.99. The van der Waals surface area contributed by atoms with E-state index in [0.29, 0.717) is 19.3 Å². The van der Waals surface area contributed by atoms with Gasteiger partial charge in [0.2, 0.25) is 0 Å². The summed E-state index contributed by atoms with van der Waals surface area (Å²) >= 11 is 0. The van der Waals surface area contributed by atoms with Crippen LogP contribution in [-0.4, -0.2) is 44.3 Å². The molecule has 0 unspecified atom stereocenters. The normalized spacial score (nSPS) is 32.9. The van der Waals surface area contributed by atoms with Gasteiger partial charge >= 0.3 is 0 Å². The lowest BCUT2D eigenvalue weighted by molar-refractivity contribution is -0.0447. The summed E-state index contributed by atoms with van der Waals surface area (Å²) < 4.78 is 27.2. The fraction of sp³-hybridized carbons (Fsp3) is 1.00. The van der Waals surface area contributed by atoms with Gasteiger partial charge < -0.3 is 9.84 Å². The first-order valence-electron chi connectivity index (χ1n) is 5.27. The summed E-state index contributed by atoms with van der Waals surface area (Å²) in [5.41, 5.74) is -0.794. The van der Waals surface area contributed by atoms with Crippen LogP contribution in [0, 0.1) is 0 Å². The third-order valence-electron chi connectivity index (χ3n) is 3.13. The predicted octanol–water partition coefficient (Wildman–Crippen LogP) is 0.741. The SMILES string of the molecule is COC1CCC(O)(CCS(C)(=O)=O)CC1. The zero-order chi connectivity index (χ0) is 11.5. The van der Waals surface area contributed by atoms with Gasteiger partial charge in [-0.3, -0.25) is 0 Å². The second-order valence-electron chi connectivity index (χ2n) is 4.54. The first kappa shape index (κ1) is 12.9. The Kier molecular flexibility index (Phi) is 4.14. The molecule has 0 atom stereocenters. The number of sulfone groups is 1. The van der Waals surface area contributed by atoms with Gasteiger partial charge in [-0.2, -0.15) is 0 Å². The minimum Gasteiger partial charge on any atom is -0.390 e. The molecule has 1 rings (SSSR count). The summed E-state index contributed by atoms with van der Waals surface area (Å²) in [6.07, 6.45) is 4.69. The van der Waals surface area contributed by atoms with E-state index in [1.165, 1.54) is 6.26 Å². The van der Waals surface area contributed by atoms with E-state index in [-0.39, 0.29) is 11.9 Å². The first-order valence-corrected chi connectivity index (χ1v) is 7.34. The third-order valence-corrected chi connectivity index (χ3v) is 4.08. The van der Waals surface area contributed by atoms with Gasteiger partial charge in [0.25, 0.3) is 0 Å². The Morgan fingerprint density at radius 1 is 1.40 bits per heavy atom. The van der Waals surface area contributed by atoms with Crippen molar-refractivity contribution < 1.29 is 18.3 Å². The van der Waals surface area contributed by atoms with Crippen LogP contribution in [0.5, 0.6) is 0 Å². The van der Waals surface area contributed by atoms with Crippen molar-refractivity contribution in [1.29, 1.82) is 0 Å². The standard InChI is InChI=1S/C10H20O4S/c1-14-9-3-5-10(11,6-4-9)7-8-15(2,12)13/h9,11H,3-8H2,1-2H3. The van der Waals surface area contributed by atoms with Gasteiger partial charge in [-0.15, -0.1) is 0 Å². The van der Waals surface area contributed by atoms with E-state index in [1.54, 1.807) is 7.11 Å². The zero-order valence-electron chi connectivity index (χ0n) is 9.40. The highest BCUT2D eigenvalue weighted by molar-refractivity contribution is 7.90. The Hall–Kier alpha value is -0.130. The van der Waals surface area contributed by atoms with Crippen molar-refractivity contribution in [2.75, 3.05) is 19.1 Å². The van der Waals surface area contributed by atoms with Crippen molar-refractivity contribution in [1.82, 2.24) is 0 Å². The summed E-state index contributed by atoms with van der Waals surface area (Å²) in [6, 6.07) is 0. The maximum Gasteiger partial charge on any atom is 0.147 e. The fourth-order valence-corrected chi connectivity index (χ4v) is 2.74. The van der Waals surface area contributed by atoms with Gasteiger partial charge in [0.05, 0.1) is 17.5 Å². The van der Waals surface area contributed by atoms with Crippen LogP contribution >= 0.6 is 0 Å². The van der Waals surface area contributed by atoms with Crippen LogP contribution in [0.1, 0.15) is 32.1 Å². The second kappa shape index (κ2) is 4.80. The molecular formula is C10H20O4S. The summed E-state index contributed by atoms with van der Waals surface area (Å²) in [5.74, 6) is 0.0706. The first-order chi connectivity index (χ1) is 6.85. The molecule has 0 radical (unpaired) electrons. The molecule has 5 heteroatoms. The lowest BCUT2D eigenvalue weighted by Gasteiger charge is -2.35. The van der Waals surface area contributed by atoms with Crippen LogP contribution in [0.25, 0.3) is 0 Å². The van der Waals surface area contributed by atoms with Crippen LogP contribution in [0.4, 0.5) is 0 Å². The highest BCUT2D eigenvalue weighted by Crippen LogP contribution is 2.32. The van der Waals surface area contributed by atoms with Crippen LogP contribution < -0.4 is 0 Å². The van der Waals surface area contributed by atoms with Crippen molar-refractivity contribution in [3.8, 4) is 0 Å². The van der Waals surface area contributed by atoms with Gasteiger partial charge in [-0.1, -0.05) is 0 Å². The minimum atomic E-state index is -2.97. The molecular weight excluding hydrogens is 216 g/mol. The zero-order valence-corrected chi connectivity index (χ0v) is 10.2. The van der Waals surface area contributed by atoms with Crippen LogP contribution in [0.3, 0.4) is 0 Å². The van der Waals surface area contributed by atoms with Crippen LogP contribution in [0.2, 0.25) is 0 Å². The quantitative estimate of drug-likeness (QED) is 0.782. The molecule has 0 aromatic rings. The highest BCUT2D eigenvalue weighted by atomic mass is 32.2. The molecule has 1 N–H and O–H groups in total. The molecule has 4 nitrogen and oxygen atoms in total. The van der Waals surface area contributed by atoms with Crippen molar-refractivity contribution >= 4 is 9.84 Å². The van der Waals surface area contributed by atoms with Gasteiger partial charge in [0, 0.05) is 13.4 Å². The molecule has 0 aromatic heterocycles. The molecule has 0 aromatic carbocycles. The predicted molar refractivity (Wildman–Crippen MR) is 58.5 cm³/mol. The van der Waals surface area contributed by atoms with E-state index < -0.39 is 15.4 Å². The average Bonchev–Trinajstić information content (AvgIpc) is 2.16. The number of hydrogen-bond donors (Lipinski definition) is 1. The minimum absolute atomic E-state index is 0.0706. The number of methoxy groups -OCH3 is 1. The number of hydrogen-bond acceptors (Lipinski definition) is 4. The van der Waals surface area contributed by atoms with E-state index in [4.69, 9.17) is 4.74 Å². The summed E-state index contributed by atoms with van der Waals surface area (Å²) in [5, 5.41) is 10.1. The summed E-state index contributed by atoms with van der Waals surface area (Å²) in [4.78, 5) is 0. The lowest BCUT2D eigenvalue weighted by atomic mass is 9.81. The molecule has 0 aliphatic heterocycles. The van der Waals surface area contributed by atoms with E-state index in [2.05, 4.69) is 0 Å². The van der Waals surface area contributed by atoms with Crippen LogP contribution in [-0.2, 0) is 14.6 Å². The Labute approximate surface area is 91.6 Å². The van der Waals surface area contributed by atoms with Gasteiger partial charge in [0.1, 0.15) is 9.84 Å². The molecule has 1 saturated carbocycles. The molecule has 15 heavy (non-hydrogen) atoms. The number of ether oxygens (including phenoxy) is 1.